The van der Waals surface area contributed by atoms with Crippen LogP contribution in [0.25, 0.3) is 11.3 Å². The molecule has 1 aliphatic carbocycles. The number of nitrogens with zero attached hydrogens (tertiary/aromatic N) is 3. The molecule has 1 aliphatic rings. The molecule has 0 atom stereocenters. The van der Waals surface area contributed by atoms with Gasteiger partial charge in [0.05, 0.1) is 24.1 Å². The highest BCUT2D eigenvalue weighted by Gasteiger charge is 2.48. The van der Waals surface area contributed by atoms with Crippen molar-refractivity contribution in [2.45, 2.75) is 24.4 Å². The molecule has 7 nitrogen and oxygen atoms in total. The number of alkyl halides is 1. The first-order valence-corrected chi connectivity index (χ1v) is 9.73. The Morgan fingerprint density at radius 1 is 1.26 bits per heavy atom. The Morgan fingerprint density at radius 3 is 2.68 bits per heavy atom. The maximum absolute atomic E-state index is 14.3. The van der Waals surface area contributed by atoms with Crippen molar-refractivity contribution in [3.8, 4) is 17.0 Å². The van der Waals surface area contributed by atoms with E-state index in [1.54, 1.807) is 30.3 Å². The van der Waals surface area contributed by atoms with Crippen LogP contribution in [-0.4, -0.2) is 40.9 Å². The second-order valence-electron chi connectivity index (χ2n) is 7.56. The lowest BCUT2D eigenvalue weighted by atomic mass is 9.65. The minimum atomic E-state index is -0.980. The molecule has 0 saturated heterocycles. The lowest BCUT2D eigenvalue weighted by Crippen LogP contribution is -2.49. The molecule has 2 heterocycles. The van der Waals surface area contributed by atoms with Crippen molar-refractivity contribution in [2.24, 2.45) is 5.73 Å². The fourth-order valence-corrected chi connectivity index (χ4v) is 3.89. The van der Waals surface area contributed by atoms with Crippen LogP contribution < -0.4 is 15.8 Å². The van der Waals surface area contributed by atoms with Crippen molar-refractivity contribution in [1.82, 2.24) is 15.2 Å². The number of benzene rings is 1. The molecular weight excluding hydrogens is 404 g/mol. The number of pyridine rings is 1. The molecule has 3 N–H and O–H groups in total. The molecule has 0 bridgehead atoms. The topological polar surface area (TPSA) is 103 Å². The monoisotopic (exact) mass is 425 g/mol. The smallest absolute Gasteiger partial charge is 0.252 e. The van der Waals surface area contributed by atoms with Gasteiger partial charge in [0.25, 0.3) is 5.91 Å². The lowest BCUT2D eigenvalue weighted by Gasteiger charge is -2.44. The van der Waals surface area contributed by atoms with E-state index in [1.807, 2.05) is 0 Å². The van der Waals surface area contributed by atoms with Crippen molar-refractivity contribution in [1.29, 1.82) is 0 Å². The minimum Gasteiger partial charge on any atom is -0.496 e. The first-order chi connectivity index (χ1) is 14.9. The first kappa shape index (κ1) is 20.6. The normalized spacial score (nSPS) is 20.0. The average molecular weight is 425 g/mol. The van der Waals surface area contributed by atoms with Gasteiger partial charge in [-0.1, -0.05) is 0 Å². The summed E-state index contributed by atoms with van der Waals surface area (Å²) < 4.78 is 33.1. The number of carbonyl (C=O) groups is 1. The number of ether oxygens (including phenoxy) is 1. The van der Waals surface area contributed by atoms with Crippen LogP contribution in [0.4, 0.5) is 14.6 Å². The summed E-state index contributed by atoms with van der Waals surface area (Å²) in [6, 6.07) is 11.3. The van der Waals surface area contributed by atoms with Gasteiger partial charge in [0.2, 0.25) is 0 Å². The third kappa shape index (κ3) is 4.03. The lowest BCUT2D eigenvalue weighted by molar-refractivity contribution is 0.0963. The van der Waals surface area contributed by atoms with Crippen LogP contribution in [0.2, 0.25) is 0 Å². The van der Waals surface area contributed by atoms with Gasteiger partial charge in [0.15, 0.2) is 0 Å². The fourth-order valence-electron chi connectivity index (χ4n) is 3.89. The molecule has 9 heteroatoms. The molecule has 1 saturated carbocycles. The van der Waals surface area contributed by atoms with E-state index in [0.717, 1.165) is 0 Å². The quantitative estimate of drug-likeness (QED) is 0.602. The van der Waals surface area contributed by atoms with E-state index >= 15 is 0 Å². The molecule has 0 aliphatic heterocycles. The van der Waals surface area contributed by atoms with Gasteiger partial charge in [-0.05, 0) is 55.3 Å². The van der Waals surface area contributed by atoms with E-state index in [9.17, 15) is 13.6 Å². The van der Waals surface area contributed by atoms with Gasteiger partial charge in [-0.15, -0.1) is 10.2 Å². The number of halogens is 2. The van der Waals surface area contributed by atoms with Crippen molar-refractivity contribution >= 4 is 11.7 Å². The van der Waals surface area contributed by atoms with Crippen molar-refractivity contribution < 1.29 is 18.3 Å². The van der Waals surface area contributed by atoms with Crippen molar-refractivity contribution in [2.75, 3.05) is 19.0 Å². The van der Waals surface area contributed by atoms with Gasteiger partial charge in [0.1, 0.15) is 23.6 Å². The number of nitrogens with two attached hydrogens (primary N) is 1. The second-order valence-corrected chi connectivity index (χ2v) is 7.56. The molecule has 160 valence electrons. The number of nitrogens with one attached hydrogen (secondary N) is 1. The maximum atomic E-state index is 14.3. The summed E-state index contributed by atoms with van der Waals surface area (Å²) in [4.78, 5) is 15.8. The number of primary amides is 1. The van der Waals surface area contributed by atoms with Gasteiger partial charge in [-0.25, -0.2) is 8.78 Å². The Labute approximate surface area is 177 Å². The van der Waals surface area contributed by atoms with E-state index < -0.39 is 23.3 Å². The van der Waals surface area contributed by atoms with E-state index in [1.165, 1.54) is 25.4 Å². The molecule has 4 rings (SSSR count). The van der Waals surface area contributed by atoms with Crippen LogP contribution in [0.1, 0.15) is 28.9 Å². The predicted octanol–water partition coefficient (Wildman–Crippen LogP) is 3.27. The zero-order valence-electron chi connectivity index (χ0n) is 16.8. The Bertz CT molecular complexity index is 1100. The maximum Gasteiger partial charge on any atom is 0.252 e. The van der Waals surface area contributed by atoms with Gasteiger partial charge in [-0.2, -0.15) is 0 Å². The van der Waals surface area contributed by atoms with Gasteiger partial charge in [-0.3, -0.25) is 9.78 Å². The largest absolute Gasteiger partial charge is 0.496 e. The Kier molecular flexibility index (Phi) is 5.50. The highest BCUT2D eigenvalue weighted by atomic mass is 19.1. The summed E-state index contributed by atoms with van der Waals surface area (Å²) in [5.41, 5.74) is 6.38. The van der Waals surface area contributed by atoms with E-state index in [2.05, 4.69) is 20.5 Å². The molecule has 3 aromatic rings. The standard InChI is InChI=1S/C22H21F2N5O2/c1-31-18-6-4-13(9-15(18)21(25)30)17-5-7-19(29-28-17)27-12-22(10-14(23)11-22)20-16(24)3-2-8-26-20/h2-9,14H,10-12H2,1H3,(H2,25,30)(H,27,29)/t14-,22-. The number of aromatic nitrogens is 3. The van der Waals surface area contributed by atoms with Crippen molar-refractivity contribution in [3.05, 3.63) is 65.7 Å². The van der Waals surface area contributed by atoms with Crippen LogP contribution in [-0.2, 0) is 5.41 Å². The highest BCUT2D eigenvalue weighted by Crippen LogP contribution is 2.45. The Morgan fingerprint density at radius 2 is 2.06 bits per heavy atom. The average Bonchev–Trinajstić information content (AvgIpc) is 2.76. The number of hydrogen-bond acceptors (Lipinski definition) is 6. The Hall–Kier alpha value is -3.62. The van der Waals surface area contributed by atoms with Crippen molar-refractivity contribution in [3.63, 3.8) is 0 Å². The number of amides is 1. The summed E-state index contributed by atoms with van der Waals surface area (Å²) >= 11 is 0. The molecule has 31 heavy (non-hydrogen) atoms. The summed E-state index contributed by atoms with van der Waals surface area (Å²) in [6.45, 7) is 0.281. The SMILES string of the molecule is COc1ccc(-c2ccc(NC[C@]3(c4ncccc4F)C[C@H](F)C3)nn2)cc1C(N)=O. The van der Waals surface area contributed by atoms with Crippen LogP contribution in [0.3, 0.4) is 0 Å². The van der Waals surface area contributed by atoms with E-state index in [0.29, 0.717) is 22.8 Å². The highest BCUT2D eigenvalue weighted by molar-refractivity contribution is 5.96. The third-order valence-corrected chi connectivity index (χ3v) is 5.52. The number of hydrogen-bond donors (Lipinski definition) is 2. The first-order valence-electron chi connectivity index (χ1n) is 9.73. The van der Waals surface area contributed by atoms with E-state index in [4.69, 9.17) is 10.5 Å². The molecule has 2 aromatic heterocycles. The zero-order chi connectivity index (χ0) is 22.0. The fraction of sp³-hybridized carbons (Fsp3) is 0.273. The Balaban J connectivity index is 1.51. The van der Waals surface area contributed by atoms with Gasteiger partial charge in [0, 0.05) is 23.7 Å². The van der Waals surface area contributed by atoms with Crippen LogP contribution in [0.5, 0.6) is 5.75 Å². The molecule has 1 amide bonds. The molecule has 1 aromatic carbocycles. The molecule has 1 fully saturated rings. The predicted molar refractivity (Wildman–Crippen MR) is 111 cm³/mol. The number of methoxy groups -OCH3 is 1. The summed E-state index contributed by atoms with van der Waals surface area (Å²) in [7, 11) is 1.46. The van der Waals surface area contributed by atoms with Crippen LogP contribution in [0, 0.1) is 5.82 Å². The van der Waals surface area contributed by atoms with Gasteiger partial charge < -0.3 is 15.8 Å². The summed E-state index contributed by atoms with van der Waals surface area (Å²) in [5.74, 6) is -0.210. The summed E-state index contributed by atoms with van der Waals surface area (Å²) in [5, 5.41) is 11.5. The molecule has 0 unspecified atom stereocenters. The number of rotatable bonds is 7. The van der Waals surface area contributed by atoms with Gasteiger partial charge >= 0.3 is 0 Å². The molecule has 0 spiro atoms. The number of anilines is 1. The minimum absolute atomic E-state index is 0.196. The molecule has 0 radical (unpaired) electrons. The zero-order valence-corrected chi connectivity index (χ0v) is 16.8. The summed E-state index contributed by atoms with van der Waals surface area (Å²) in [6.07, 6.45) is 0.920. The number of carbonyl (C=O) groups excluding carboxylic acids is 1. The van der Waals surface area contributed by atoms with Crippen LogP contribution in [0.15, 0.2) is 48.7 Å². The van der Waals surface area contributed by atoms with E-state index in [-0.39, 0.29) is 30.6 Å². The third-order valence-electron chi connectivity index (χ3n) is 5.52. The molecular formula is C22H21F2N5O2. The van der Waals surface area contributed by atoms with Crippen LogP contribution >= 0.6 is 0 Å². The second kappa shape index (κ2) is 8.25.